The molecule has 2 aliphatic rings. The number of nitrogens with one attached hydrogen (secondary N) is 2. The van der Waals surface area contributed by atoms with Gasteiger partial charge in [0.05, 0.1) is 6.54 Å². The highest BCUT2D eigenvalue weighted by atomic mass is 127. The van der Waals surface area contributed by atoms with Crippen molar-refractivity contribution in [1.29, 1.82) is 0 Å². The maximum Gasteiger partial charge on any atom is 0.191 e. The first kappa shape index (κ1) is 20.0. The number of rotatable bonds is 5. The average Bonchev–Trinajstić information content (AvgIpc) is 3.00. The van der Waals surface area contributed by atoms with Crippen LogP contribution in [-0.2, 0) is 4.74 Å². The highest BCUT2D eigenvalue weighted by molar-refractivity contribution is 14.0. The van der Waals surface area contributed by atoms with Crippen LogP contribution in [0.2, 0.25) is 0 Å². The van der Waals surface area contributed by atoms with Gasteiger partial charge in [0.1, 0.15) is 0 Å². The number of hydrogen-bond donors (Lipinski definition) is 2. The summed E-state index contributed by atoms with van der Waals surface area (Å²) in [5.41, 5.74) is 0.216. The van der Waals surface area contributed by atoms with Gasteiger partial charge in [-0.3, -0.25) is 9.89 Å². The molecule has 0 bridgehead atoms. The second kappa shape index (κ2) is 9.93. The second-order valence-electron chi connectivity index (χ2n) is 6.53. The molecule has 2 N–H and O–H groups in total. The van der Waals surface area contributed by atoms with Crippen molar-refractivity contribution >= 4 is 29.9 Å². The minimum Gasteiger partial charge on any atom is -0.381 e. The summed E-state index contributed by atoms with van der Waals surface area (Å²) in [5.74, 6) is 0.942. The first-order valence-corrected chi connectivity index (χ1v) is 8.54. The molecule has 0 saturated carbocycles. The molecule has 0 spiro atoms. The fraction of sp³-hybridized carbons (Fsp3) is 0.938. The molecule has 0 radical (unpaired) electrons. The summed E-state index contributed by atoms with van der Waals surface area (Å²) in [4.78, 5) is 7.56. The van der Waals surface area contributed by atoms with E-state index >= 15 is 0 Å². The summed E-state index contributed by atoms with van der Waals surface area (Å²) < 4.78 is 5.60. The fourth-order valence-electron chi connectivity index (χ4n) is 3.34. The molecule has 2 aliphatic heterocycles. The lowest BCUT2D eigenvalue weighted by molar-refractivity contribution is -0.0139. The van der Waals surface area contributed by atoms with Crippen molar-refractivity contribution in [2.75, 3.05) is 39.4 Å². The Kier molecular flexibility index (Phi) is 9.01. The van der Waals surface area contributed by atoms with Crippen LogP contribution in [0.1, 0.15) is 46.5 Å². The van der Waals surface area contributed by atoms with E-state index in [-0.39, 0.29) is 29.5 Å². The van der Waals surface area contributed by atoms with Crippen molar-refractivity contribution in [3.8, 4) is 0 Å². The van der Waals surface area contributed by atoms with Crippen molar-refractivity contribution in [2.45, 2.75) is 58.0 Å². The number of hydrogen-bond acceptors (Lipinski definition) is 3. The summed E-state index contributed by atoms with van der Waals surface area (Å²) in [6.07, 6.45) is 4.88. The normalized spacial score (nSPS) is 22.5. The Hall–Kier alpha value is -0.0800. The quantitative estimate of drug-likeness (QED) is 0.404. The van der Waals surface area contributed by atoms with Crippen molar-refractivity contribution in [2.24, 2.45) is 4.99 Å². The lowest BCUT2D eigenvalue weighted by Gasteiger charge is -2.43. The lowest BCUT2D eigenvalue weighted by Crippen LogP contribution is -2.54. The van der Waals surface area contributed by atoms with Gasteiger partial charge < -0.3 is 15.4 Å². The van der Waals surface area contributed by atoms with E-state index in [1.807, 2.05) is 0 Å². The van der Waals surface area contributed by atoms with Crippen LogP contribution >= 0.6 is 24.0 Å². The van der Waals surface area contributed by atoms with Crippen LogP contribution in [0.25, 0.3) is 0 Å². The Morgan fingerprint density at radius 2 is 1.86 bits per heavy atom. The van der Waals surface area contributed by atoms with Crippen molar-refractivity contribution in [1.82, 2.24) is 15.5 Å². The van der Waals surface area contributed by atoms with E-state index in [4.69, 9.17) is 9.73 Å². The number of aliphatic imine (C=N–C) groups is 1. The zero-order valence-electron chi connectivity index (χ0n) is 14.4. The molecule has 2 rings (SSSR count). The third-order valence-electron chi connectivity index (χ3n) is 4.50. The lowest BCUT2D eigenvalue weighted by atomic mass is 9.88. The Balaban J connectivity index is 0.00000242. The number of likely N-dealkylation sites (tertiary alicyclic amines) is 1. The predicted molar refractivity (Wildman–Crippen MR) is 103 cm³/mol. The zero-order valence-corrected chi connectivity index (χ0v) is 16.7. The Morgan fingerprint density at radius 1 is 1.23 bits per heavy atom. The van der Waals surface area contributed by atoms with E-state index in [9.17, 15) is 0 Å². The molecule has 2 heterocycles. The van der Waals surface area contributed by atoms with E-state index in [1.54, 1.807) is 0 Å². The van der Waals surface area contributed by atoms with Crippen molar-refractivity contribution in [3.05, 3.63) is 0 Å². The fourth-order valence-corrected chi connectivity index (χ4v) is 3.34. The maximum atomic E-state index is 5.60. The van der Waals surface area contributed by atoms with Crippen molar-refractivity contribution < 1.29 is 4.74 Å². The molecular weight excluding hydrogens is 391 g/mol. The van der Waals surface area contributed by atoms with Crippen LogP contribution in [0.3, 0.4) is 0 Å². The molecule has 0 aliphatic carbocycles. The van der Waals surface area contributed by atoms with Gasteiger partial charge in [-0.1, -0.05) is 0 Å². The molecule has 22 heavy (non-hydrogen) atoms. The first-order chi connectivity index (χ1) is 10.2. The third-order valence-corrected chi connectivity index (χ3v) is 4.50. The number of guanidine groups is 1. The van der Waals surface area contributed by atoms with Gasteiger partial charge >= 0.3 is 0 Å². The molecule has 6 heteroatoms. The van der Waals surface area contributed by atoms with E-state index in [2.05, 4.69) is 36.3 Å². The Labute approximate surface area is 152 Å². The minimum atomic E-state index is 0. The van der Waals surface area contributed by atoms with Crippen LogP contribution in [0.15, 0.2) is 4.99 Å². The first-order valence-electron chi connectivity index (χ1n) is 8.54. The van der Waals surface area contributed by atoms with Crippen molar-refractivity contribution in [3.63, 3.8) is 0 Å². The Morgan fingerprint density at radius 3 is 2.41 bits per heavy atom. The predicted octanol–water partition coefficient (Wildman–Crippen LogP) is 2.21. The molecule has 0 unspecified atom stereocenters. The standard InChI is InChI=1S/C16H32N4O.HI/c1-4-17-15(19-14(2)3)18-13-16(7-11-21-12-8-16)20-9-5-6-10-20;/h14H,4-13H2,1-3H3,(H2,17,18,19);1H. The van der Waals surface area contributed by atoms with Crippen LogP contribution in [0, 0.1) is 0 Å². The molecule has 5 nitrogen and oxygen atoms in total. The van der Waals surface area contributed by atoms with E-state index in [0.29, 0.717) is 6.04 Å². The SMILES string of the molecule is CCNC(=NCC1(N2CCCC2)CCOCC1)NC(C)C.I. The molecule has 0 aromatic rings. The summed E-state index contributed by atoms with van der Waals surface area (Å²) in [6, 6.07) is 0.403. The summed E-state index contributed by atoms with van der Waals surface area (Å²) >= 11 is 0. The number of halogens is 1. The van der Waals surface area contributed by atoms with Gasteiger partial charge in [-0.25, -0.2) is 0 Å². The molecule has 2 fully saturated rings. The smallest absolute Gasteiger partial charge is 0.191 e. The largest absolute Gasteiger partial charge is 0.381 e. The van der Waals surface area contributed by atoms with Gasteiger partial charge in [-0.2, -0.15) is 0 Å². The summed E-state index contributed by atoms with van der Waals surface area (Å²) in [7, 11) is 0. The molecule has 130 valence electrons. The monoisotopic (exact) mass is 424 g/mol. The highest BCUT2D eigenvalue weighted by Gasteiger charge is 2.39. The molecule has 0 aromatic heterocycles. The van der Waals surface area contributed by atoms with E-state index < -0.39 is 0 Å². The minimum absolute atomic E-state index is 0. The van der Waals surface area contributed by atoms with Crippen LogP contribution in [-0.4, -0.2) is 61.8 Å². The molecular formula is C16H33IN4O. The Bertz CT molecular complexity index is 337. The van der Waals surface area contributed by atoms with Crippen LogP contribution in [0.5, 0.6) is 0 Å². The topological polar surface area (TPSA) is 48.9 Å². The van der Waals surface area contributed by atoms with E-state index in [1.165, 1.54) is 25.9 Å². The average molecular weight is 424 g/mol. The van der Waals surface area contributed by atoms with Gasteiger partial charge in [0.25, 0.3) is 0 Å². The van der Waals surface area contributed by atoms with Crippen LogP contribution < -0.4 is 10.6 Å². The van der Waals surface area contributed by atoms with Crippen LogP contribution in [0.4, 0.5) is 0 Å². The van der Waals surface area contributed by atoms with Gasteiger partial charge in [0, 0.05) is 31.3 Å². The third kappa shape index (κ3) is 5.53. The van der Waals surface area contributed by atoms with E-state index in [0.717, 1.165) is 45.1 Å². The molecule has 0 amide bonds. The summed E-state index contributed by atoms with van der Waals surface area (Å²) in [6.45, 7) is 12.4. The summed E-state index contributed by atoms with van der Waals surface area (Å²) in [5, 5.41) is 6.77. The molecule has 0 atom stereocenters. The van der Waals surface area contributed by atoms with Gasteiger partial charge in [-0.05, 0) is 59.5 Å². The zero-order chi connectivity index (χ0) is 15.1. The van der Waals surface area contributed by atoms with Gasteiger partial charge in [0.15, 0.2) is 5.96 Å². The highest BCUT2D eigenvalue weighted by Crippen LogP contribution is 2.31. The second-order valence-corrected chi connectivity index (χ2v) is 6.53. The van der Waals surface area contributed by atoms with Gasteiger partial charge in [-0.15, -0.1) is 24.0 Å². The molecule has 0 aromatic carbocycles. The number of nitrogens with zero attached hydrogens (tertiary/aromatic N) is 2. The van der Waals surface area contributed by atoms with Gasteiger partial charge in [0.2, 0.25) is 0 Å². The number of ether oxygens (including phenoxy) is 1. The molecule has 2 saturated heterocycles. The maximum absolute atomic E-state index is 5.60.